The molecule has 10 heteroatoms. The summed E-state index contributed by atoms with van der Waals surface area (Å²) in [5.74, 6) is -0.505. The average Bonchev–Trinajstić information content (AvgIpc) is 3.01. The van der Waals surface area contributed by atoms with E-state index in [1.54, 1.807) is 31.2 Å². The van der Waals surface area contributed by atoms with Gasteiger partial charge >= 0.3 is 5.97 Å². The van der Waals surface area contributed by atoms with Crippen molar-refractivity contribution in [3.63, 3.8) is 0 Å². The van der Waals surface area contributed by atoms with E-state index in [-0.39, 0.29) is 24.0 Å². The Morgan fingerprint density at radius 3 is 1.86 bits per heavy atom. The van der Waals surface area contributed by atoms with Crippen LogP contribution in [-0.4, -0.2) is 22.4 Å². The molecule has 4 aromatic rings. The second-order valence-electron chi connectivity index (χ2n) is 9.67. The van der Waals surface area contributed by atoms with E-state index in [2.05, 4.69) is 10.2 Å². The number of carbonyl (C=O) groups excluding carboxylic acids is 1. The topological polar surface area (TPSA) is 128 Å². The number of anilines is 2. The minimum absolute atomic E-state index is 0.0371. The lowest BCUT2D eigenvalue weighted by atomic mass is 9.84. The Balaban J connectivity index is 1.74. The normalized spacial score (nSPS) is 16.5. The first-order chi connectivity index (χ1) is 20.4. The highest BCUT2D eigenvalue weighted by Gasteiger charge is 2.41. The molecule has 2 unspecified atom stereocenters. The highest BCUT2D eigenvalue weighted by atomic mass is 16.6. The van der Waals surface area contributed by atoms with Gasteiger partial charge in [-0.3, -0.25) is 20.2 Å². The first-order valence-corrected chi connectivity index (χ1v) is 13.4. The molecule has 0 spiro atoms. The fourth-order valence-electron chi connectivity index (χ4n) is 5.28. The molecule has 0 aliphatic carbocycles. The number of hydrogen-bond acceptors (Lipinski definition) is 8. The van der Waals surface area contributed by atoms with Gasteiger partial charge in [-0.25, -0.2) is 4.79 Å². The Morgan fingerprint density at radius 1 is 0.810 bits per heavy atom. The fourth-order valence-corrected chi connectivity index (χ4v) is 5.28. The number of benzene rings is 4. The van der Waals surface area contributed by atoms with E-state index in [1.807, 2.05) is 60.7 Å². The predicted molar refractivity (Wildman–Crippen MR) is 159 cm³/mol. The zero-order valence-electron chi connectivity index (χ0n) is 22.8. The van der Waals surface area contributed by atoms with Crippen LogP contribution in [0.5, 0.6) is 0 Å². The van der Waals surface area contributed by atoms with Gasteiger partial charge in [0.1, 0.15) is 0 Å². The number of ether oxygens (including phenoxy) is 1. The van der Waals surface area contributed by atoms with Crippen LogP contribution in [-0.2, 0) is 9.53 Å². The van der Waals surface area contributed by atoms with Gasteiger partial charge in [0, 0.05) is 47.8 Å². The Labute approximate surface area is 242 Å². The molecule has 0 saturated heterocycles. The second-order valence-corrected chi connectivity index (χ2v) is 9.67. The molecule has 0 aromatic heterocycles. The Hall–Kier alpha value is -5.51. The van der Waals surface area contributed by atoms with Crippen LogP contribution >= 0.6 is 0 Å². The van der Waals surface area contributed by atoms with Crippen LogP contribution in [0.1, 0.15) is 36.6 Å². The summed E-state index contributed by atoms with van der Waals surface area (Å²) in [6, 6.07) is 30.7. The summed E-state index contributed by atoms with van der Waals surface area (Å²) in [4.78, 5) is 37.6. The van der Waals surface area contributed by atoms with Gasteiger partial charge in [0.05, 0.1) is 34.1 Å². The van der Waals surface area contributed by atoms with Gasteiger partial charge in [0.2, 0.25) is 0 Å². The van der Waals surface area contributed by atoms with Gasteiger partial charge in [0.25, 0.3) is 11.4 Å². The number of hydrogen-bond donors (Lipinski definition) is 1. The van der Waals surface area contributed by atoms with Crippen molar-refractivity contribution in [1.29, 1.82) is 0 Å². The van der Waals surface area contributed by atoms with E-state index in [0.29, 0.717) is 29.1 Å². The highest BCUT2D eigenvalue weighted by Crippen LogP contribution is 2.48. The number of non-ortho nitro benzene ring substituents is 2. The monoisotopic (exact) mass is 564 g/mol. The van der Waals surface area contributed by atoms with Gasteiger partial charge in [-0.1, -0.05) is 60.7 Å². The van der Waals surface area contributed by atoms with E-state index < -0.39 is 21.9 Å². The smallest absolute Gasteiger partial charge is 0.338 e. The lowest BCUT2D eigenvalue weighted by molar-refractivity contribution is -0.385. The molecule has 1 aliphatic rings. The Kier molecular flexibility index (Phi) is 8.24. The molecule has 1 aliphatic heterocycles. The third kappa shape index (κ3) is 5.83. The van der Waals surface area contributed by atoms with Crippen molar-refractivity contribution in [2.75, 3.05) is 16.8 Å². The number of carbonyl (C=O) groups is 1. The molecule has 0 saturated carbocycles. The van der Waals surface area contributed by atoms with Crippen molar-refractivity contribution in [1.82, 2.24) is 0 Å². The third-order valence-corrected chi connectivity index (χ3v) is 7.14. The molecule has 1 heterocycles. The number of nitro benzene ring substituents is 2. The zero-order chi connectivity index (χ0) is 29.6. The average molecular weight is 565 g/mol. The summed E-state index contributed by atoms with van der Waals surface area (Å²) in [5.41, 5.74) is 3.99. The quantitative estimate of drug-likeness (QED) is 0.129. The van der Waals surface area contributed by atoms with Crippen molar-refractivity contribution in [3.8, 4) is 0 Å². The van der Waals surface area contributed by atoms with Crippen molar-refractivity contribution in [2.45, 2.75) is 25.4 Å². The third-order valence-electron chi connectivity index (χ3n) is 7.14. The summed E-state index contributed by atoms with van der Waals surface area (Å²) in [7, 11) is 0. The van der Waals surface area contributed by atoms with Gasteiger partial charge < -0.3 is 15.0 Å². The van der Waals surface area contributed by atoms with Crippen LogP contribution in [0, 0.1) is 20.2 Å². The van der Waals surface area contributed by atoms with Crippen molar-refractivity contribution >= 4 is 28.7 Å². The maximum atomic E-state index is 13.8. The van der Waals surface area contributed by atoms with Crippen molar-refractivity contribution in [3.05, 3.63) is 152 Å². The molecule has 1 N–H and O–H groups in total. The van der Waals surface area contributed by atoms with Crippen LogP contribution in [0.25, 0.3) is 0 Å². The largest absolute Gasteiger partial charge is 0.463 e. The maximum Gasteiger partial charge on any atom is 0.338 e. The van der Waals surface area contributed by atoms with Crippen molar-refractivity contribution < 1.29 is 19.4 Å². The first kappa shape index (κ1) is 28.0. The number of esters is 1. The van der Waals surface area contributed by atoms with Crippen LogP contribution in [0.3, 0.4) is 0 Å². The highest BCUT2D eigenvalue weighted by molar-refractivity contribution is 5.93. The molecule has 42 heavy (non-hydrogen) atoms. The SMILES string of the molecule is CCOC(=O)C1=C(Nc2ccc([N+](=O)[O-])cc2)CC(c2ccccc2)N(c2ccc([N+](=O)[O-])cc2)C1c1ccccc1. The molecular weight excluding hydrogens is 536 g/mol. The first-order valence-electron chi connectivity index (χ1n) is 13.4. The summed E-state index contributed by atoms with van der Waals surface area (Å²) >= 11 is 0. The number of nitro groups is 2. The number of nitrogens with one attached hydrogen (secondary N) is 1. The fraction of sp³-hybridized carbons (Fsp3) is 0.156. The van der Waals surface area contributed by atoms with Gasteiger partial charge in [-0.15, -0.1) is 0 Å². The molecule has 212 valence electrons. The molecule has 0 amide bonds. The molecule has 10 nitrogen and oxygen atoms in total. The minimum Gasteiger partial charge on any atom is -0.463 e. The van der Waals surface area contributed by atoms with Crippen LogP contribution in [0.4, 0.5) is 22.7 Å². The van der Waals surface area contributed by atoms with E-state index in [0.717, 1.165) is 11.1 Å². The summed E-state index contributed by atoms with van der Waals surface area (Å²) in [5, 5.41) is 26.0. The molecule has 0 bridgehead atoms. The van der Waals surface area contributed by atoms with Gasteiger partial charge in [0.15, 0.2) is 0 Å². The number of nitrogens with zero attached hydrogens (tertiary/aromatic N) is 3. The molecule has 5 rings (SSSR count). The van der Waals surface area contributed by atoms with Crippen molar-refractivity contribution in [2.24, 2.45) is 0 Å². The van der Waals surface area contributed by atoms with E-state index in [4.69, 9.17) is 4.74 Å². The zero-order valence-corrected chi connectivity index (χ0v) is 22.8. The summed E-state index contributed by atoms with van der Waals surface area (Å²) in [6.45, 7) is 1.90. The Bertz CT molecular complexity index is 1610. The Morgan fingerprint density at radius 2 is 1.33 bits per heavy atom. The van der Waals surface area contributed by atoms with E-state index in [9.17, 15) is 25.0 Å². The van der Waals surface area contributed by atoms with E-state index >= 15 is 0 Å². The second kappa shape index (κ2) is 12.3. The number of rotatable bonds is 9. The van der Waals surface area contributed by atoms with Crippen LogP contribution in [0.2, 0.25) is 0 Å². The lowest BCUT2D eigenvalue weighted by Gasteiger charge is -2.45. The molecule has 0 fully saturated rings. The summed E-state index contributed by atoms with van der Waals surface area (Å²) in [6.07, 6.45) is 0.357. The lowest BCUT2D eigenvalue weighted by Crippen LogP contribution is -2.41. The van der Waals surface area contributed by atoms with Gasteiger partial charge in [-0.2, -0.15) is 0 Å². The maximum absolute atomic E-state index is 13.8. The van der Waals surface area contributed by atoms with Crippen LogP contribution < -0.4 is 10.2 Å². The predicted octanol–water partition coefficient (Wildman–Crippen LogP) is 7.13. The summed E-state index contributed by atoms with van der Waals surface area (Å²) < 4.78 is 5.59. The van der Waals surface area contributed by atoms with E-state index in [1.165, 1.54) is 24.3 Å². The molecule has 2 atom stereocenters. The standard InChI is InChI=1S/C32H28N4O6/c1-2-42-32(37)30-28(33-24-13-15-26(16-14-24)35(38)39)21-29(22-9-5-3-6-10-22)34(31(30)23-11-7-4-8-12-23)25-17-19-27(20-18-25)36(40)41/h3-20,29,31,33H,2,21H2,1H3. The molecule has 0 radical (unpaired) electrons. The molecular formula is C32H28N4O6. The van der Waals surface area contributed by atoms with Crippen LogP contribution in [0.15, 0.2) is 120 Å². The minimum atomic E-state index is -0.633. The van der Waals surface area contributed by atoms with Gasteiger partial charge in [-0.05, 0) is 42.3 Å². The molecule has 4 aromatic carbocycles.